The molecule has 2 heterocycles. The number of hydrogen-bond acceptors (Lipinski definition) is 5. The quantitative estimate of drug-likeness (QED) is 0.730. The average Bonchev–Trinajstić information content (AvgIpc) is 3.04. The molecule has 0 bridgehead atoms. The van der Waals surface area contributed by atoms with Gasteiger partial charge in [-0.2, -0.15) is 5.10 Å². The number of hydrogen-bond donors (Lipinski definition) is 1. The minimum atomic E-state index is -0.299. The second-order valence-corrected chi connectivity index (χ2v) is 7.74. The highest BCUT2D eigenvalue weighted by atomic mass is 16.1. The molecular formula is C20H23N5O3. The van der Waals surface area contributed by atoms with Gasteiger partial charge in [-0.1, -0.05) is 12.1 Å². The van der Waals surface area contributed by atoms with E-state index >= 15 is 0 Å². The van der Waals surface area contributed by atoms with Crippen LogP contribution in [0.25, 0.3) is 11.0 Å². The summed E-state index contributed by atoms with van der Waals surface area (Å²) in [5.74, 6) is -0.264. The number of nitrogens with zero attached hydrogens (tertiary/aromatic N) is 4. The maximum atomic E-state index is 12.7. The first-order chi connectivity index (χ1) is 13.1. The predicted octanol–water partition coefficient (Wildman–Crippen LogP) is 2.12. The molecule has 0 atom stereocenters. The highest BCUT2D eigenvalue weighted by Crippen LogP contribution is 2.17. The maximum Gasteiger partial charge on any atom is 0.264 e. The third-order valence-corrected chi connectivity index (χ3v) is 4.21. The number of amides is 1. The second kappa shape index (κ2) is 7.38. The van der Waals surface area contributed by atoms with E-state index in [-0.39, 0.29) is 35.8 Å². The number of nitrogens with one attached hydrogen (secondary N) is 1. The van der Waals surface area contributed by atoms with Gasteiger partial charge in [0.05, 0.1) is 18.3 Å². The standard InChI is InChI=1S/C20H23N5O3/c1-13(26)23-15-7-5-14(6-8-15)9-16(27)11-24-12-21-18-17(19(24)28)10-22-25(18)20(2,3)4/h5-8,10,12H,9,11H2,1-4H3,(H,23,26). The number of ketones is 1. The molecule has 2 aromatic heterocycles. The number of aromatic nitrogens is 4. The number of carbonyl (C=O) groups excluding carboxylic acids is 2. The number of rotatable bonds is 5. The Bertz CT molecular complexity index is 1090. The van der Waals surface area contributed by atoms with Crippen LogP contribution in [-0.4, -0.2) is 31.0 Å². The van der Waals surface area contributed by atoms with Crippen LogP contribution >= 0.6 is 0 Å². The van der Waals surface area contributed by atoms with E-state index in [1.807, 2.05) is 20.8 Å². The van der Waals surface area contributed by atoms with Crippen LogP contribution in [0.2, 0.25) is 0 Å². The molecule has 0 saturated heterocycles. The van der Waals surface area contributed by atoms with Crippen LogP contribution in [0.15, 0.2) is 41.6 Å². The molecule has 0 aliphatic heterocycles. The van der Waals surface area contributed by atoms with Gasteiger partial charge in [0.15, 0.2) is 11.4 Å². The lowest BCUT2D eigenvalue weighted by Crippen LogP contribution is -2.27. The molecule has 28 heavy (non-hydrogen) atoms. The molecule has 0 aliphatic rings. The molecule has 0 saturated carbocycles. The Hall–Kier alpha value is -3.29. The van der Waals surface area contributed by atoms with Crippen molar-refractivity contribution in [2.24, 2.45) is 0 Å². The van der Waals surface area contributed by atoms with Gasteiger partial charge in [-0.3, -0.25) is 19.0 Å². The van der Waals surface area contributed by atoms with Crippen LogP contribution in [0.1, 0.15) is 33.3 Å². The molecule has 1 aromatic carbocycles. The van der Waals surface area contributed by atoms with Gasteiger partial charge in [-0.05, 0) is 38.5 Å². The van der Waals surface area contributed by atoms with Crippen molar-refractivity contribution in [2.45, 2.75) is 46.2 Å². The summed E-state index contributed by atoms with van der Waals surface area (Å²) in [6.45, 7) is 7.31. The molecule has 3 aromatic rings. The van der Waals surface area contributed by atoms with Crippen molar-refractivity contribution < 1.29 is 9.59 Å². The van der Waals surface area contributed by atoms with E-state index in [1.54, 1.807) is 28.9 Å². The highest BCUT2D eigenvalue weighted by molar-refractivity contribution is 5.88. The minimum absolute atomic E-state index is 0.0596. The highest BCUT2D eigenvalue weighted by Gasteiger charge is 2.20. The number of fused-ring (bicyclic) bond motifs is 1. The summed E-state index contributed by atoms with van der Waals surface area (Å²) in [7, 11) is 0. The summed E-state index contributed by atoms with van der Waals surface area (Å²) in [4.78, 5) is 40.5. The van der Waals surface area contributed by atoms with Crippen LogP contribution in [0.3, 0.4) is 0 Å². The molecule has 146 valence electrons. The average molecular weight is 381 g/mol. The van der Waals surface area contributed by atoms with Crippen molar-refractivity contribution in [1.82, 2.24) is 19.3 Å². The lowest BCUT2D eigenvalue weighted by Gasteiger charge is -2.19. The molecule has 0 aliphatic carbocycles. The van der Waals surface area contributed by atoms with Gasteiger partial charge in [0.1, 0.15) is 11.7 Å². The molecule has 8 heteroatoms. The van der Waals surface area contributed by atoms with E-state index in [4.69, 9.17) is 0 Å². The molecular weight excluding hydrogens is 358 g/mol. The van der Waals surface area contributed by atoms with Gasteiger partial charge < -0.3 is 5.32 Å². The first-order valence-electron chi connectivity index (χ1n) is 8.97. The number of carbonyl (C=O) groups is 2. The van der Waals surface area contributed by atoms with Crippen LogP contribution in [0.4, 0.5) is 5.69 Å². The topological polar surface area (TPSA) is 98.9 Å². The lowest BCUT2D eigenvalue weighted by molar-refractivity contribution is -0.119. The summed E-state index contributed by atoms with van der Waals surface area (Å²) in [6, 6.07) is 7.04. The zero-order valence-corrected chi connectivity index (χ0v) is 16.4. The molecule has 8 nitrogen and oxygen atoms in total. The predicted molar refractivity (Wildman–Crippen MR) is 106 cm³/mol. The Labute approximate surface area is 162 Å². The van der Waals surface area contributed by atoms with E-state index in [0.717, 1.165) is 5.56 Å². The van der Waals surface area contributed by atoms with Crippen molar-refractivity contribution in [3.63, 3.8) is 0 Å². The van der Waals surface area contributed by atoms with E-state index in [9.17, 15) is 14.4 Å². The van der Waals surface area contributed by atoms with E-state index in [2.05, 4.69) is 15.4 Å². The van der Waals surface area contributed by atoms with Gasteiger partial charge in [-0.15, -0.1) is 0 Å². The van der Waals surface area contributed by atoms with Gasteiger partial charge in [0.2, 0.25) is 5.91 Å². The first kappa shape index (κ1) is 19.5. The van der Waals surface area contributed by atoms with E-state index in [0.29, 0.717) is 16.7 Å². The third kappa shape index (κ3) is 4.16. The smallest absolute Gasteiger partial charge is 0.264 e. The molecule has 3 rings (SSSR count). The number of Topliss-reactive ketones (excluding diaryl/α,β-unsaturated/α-hetero) is 1. The maximum absolute atomic E-state index is 12.7. The van der Waals surface area contributed by atoms with Crippen LogP contribution in [-0.2, 0) is 28.1 Å². The van der Waals surface area contributed by atoms with Crippen molar-refractivity contribution in [3.05, 3.63) is 52.7 Å². The molecule has 1 N–H and O–H groups in total. The first-order valence-corrected chi connectivity index (χ1v) is 8.97. The zero-order valence-electron chi connectivity index (χ0n) is 16.4. The van der Waals surface area contributed by atoms with Crippen LogP contribution in [0, 0.1) is 0 Å². The molecule has 0 unspecified atom stereocenters. The van der Waals surface area contributed by atoms with Gasteiger partial charge in [-0.25, -0.2) is 9.67 Å². The molecule has 0 spiro atoms. The Kier molecular flexibility index (Phi) is 5.13. The number of benzene rings is 1. The largest absolute Gasteiger partial charge is 0.326 e. The Morgan fingerprint density at radius 1 is 1.14 bits per heavy atom. The van der Waals surface area contributed by atoms with Crippen molar-refractivity contribution in [3.8, 4) is 0 Å². The second-order valence-electron chi connectivity index (χ2n) is 7.74. The van der Waals surface area contributed by atoms with Crippen molar-refractivity contribution in [1.29, 1.82) is 0 Å². The summed E-state index contributed by atoms with van der Waals surface area (Å²) in [5.41, 5.74) is 1.41. The Morgan fingerprint density at radius 3 is 2.43 bits per heavy atom. The van der Waals surface area contributed by atoms with Crippen LogP contribution in [0.5, 0.6) is 0 Å². The fraction of sp³-hybridized carbons (Fsp3) is 0.350. The van der Waals surface area contributed by atoms with Crippen molar-refractivity contribution >= 4 is 28.4 Å². The minimum Gasteiger partial charge on any atom is -0.326 e. The zero-order chi connectivity index (χ0) is 20.5. The normalized spacial score (nSPS) is 11.6. The van der Waals surface area contributed by atoms with Gasteiger partial charge >= 0.3 is 0 Å². The van der Waals surface area contributed by atoms with Gasteiger partial charge in [0.25, 0.3) is 5.56 Å². The summed E-state index contributed by atoms with van der Waals surface area (Å²) in [6.07, 6.45) is 3.08. The third-order valence-electron chi connectivity index (χ3n) is 4.21. The SMILES string of the molecule is CC(=O)Nc1ccc(CC(=O)Cn2cnc3c(cnn3C(C)(C)C)c2=O)cc1. The number of anilines is 1. The van der Waals surface area contributed by atoms with E-state index < -0.39 is 0 Å². The fourth-order valence-corrected chi connectivity index (χ4v) is 2.93. The summed E-state index contributed by atoms with van der Waals surface area (Å²) in [5, 5.41) is 7.34. The molecule has 0 radical (unpaired) electrons. The van der Waals surface area contributed by atoms with Crippen LogP contribution < -0.4 is 10.9 Å². The molecule has 0 fully saturated rings. The fourth-order valence-electron chi connectivity index (χ4n) is 2.93. The van der Waals surface area contributed by atoms with Gasteiger partial charge in [0, 0.05) is 19.0 Å². The Balaban J connectivity index is 1.75. The Morgan fingerprint density at radius 2 is 1.82 bits per heavy atom. The van der Waals surface area contributed by atoms with E-state index in [1.165, 1.54) is 24.0 Å². The van der Waals surface area contributed by atoms with Crippen molar-refractivity contribution in [2.75, 3.05) is 5.32 Å². The summed E-state index contributed by atoms with van der Waals surface area (Å²) < 4.78 is 3.01. The summed E-state index contributed by atoms with van der Waals surface area (Å²) >= 11 is 0. The molecule has 1 amide bonds. The monoisotopic (exact) mass is 381 g/mol. The lowest BCUT2D eigenvalue weighted by atomic mass is 10.1.